The van der Waals surface area contributed by atoms with E-state index >= 15 is 0 Å². The Hall–Kier alpha value is -1.06. The molecule has 0 aliphatic carbocycles. The van der Waals surface area contributed by atoms with Gasteiger partial charge in [-0.15, -0.1) is 0 Å². The van der Waals surface area contributed by atoms with Gasteiger partial charge >= 0.3 is 5.97 Å². The molecule has 0 aromatic carbocycles. The highest BCUT2D eigenvalue weighted by atomic mass is 16.4. The quantitative estimate of drug-likeness (QED) is 0.819. The molecule has 4 nitrogen and oxygen atoms in total. The van der Waals surface area contributed by atoms with Gasteiger partial charge in [0.2, 0.25) is 5.91 Å². The van der Waals surface area contributed by atoms with E-state index in [1.165, 1.54) is 6.42 Å². The van der Waals surface area contributed by atoms with Crippen molar-refractivity contribution in [2.45, 2.75) is 40.0 Å². The van der Waals surface area contributed by atoms with Crippen molar-refractivity contribution in [3.63, 3.8) is 0 Å². The Morgan fingerprint density at radius 3 is 2.24 bits per heavy atom. The third kappa shape index (κ3) is 4.75. The molecule has 1 aliphatic rings. The van der Waals surface area contributed by atoms with Crippen molar-refractivity contribution in [2.24, 2.45) is 17.8 Å². The first-order valence-electron chi connectivity index (χ1n) is 6.38. The fourth-order valence-corrected chi connectivity index (χ4v) is 2.66. The minimum absolute atomic E-state index is 0.0741. The Balaban J connectivity index is 2.43. The predicted molar refractivity (Wildman–Crippen MR) is 65.6 cm³/mol. The summed E-state index contributed by atoms with van der Waals surface area (Å²) in [5.74, 6) is 0.310. The zero-order valence-electron chi connectivity index (χ0n) is 11.0. The number of aliphatic carboxylic acids is 1. The van der Waals surface area contributed by atoms with E-state index in [1.54, 1.807) is 0 Å². The Morgan fingerprint density at radius 2 is 1.76 bits per heavy atom. The van der Waals surface area contributed by atoms with E-state index in [9.17, 15) is 9.59 Å². The van der Waals surface area contributed by atoms with Crippen molar-refractivity contribution in [1.29, 1.82) is 0 Å². The monoisotopic (exact) mass is 241 g/mol. The molecule has 1 N–H and O–H groups in total. The molecular formula is C13H23NO3. The van der Waals surface area contributed by atoms with Crippen molar-refractivity contribution in [2.75, 3.05) is 13.1 Å². The Morgan fingerprint density at radius 1 is 1.24 bits per heavy atom. The fourth-order valence-electron chi connectivity index (χ4n) is 2.66. The molecule has 1 fully saturated rings. The van der Waals surface area contributed by atoms with Gasteiger partial charge in [0.15, 0.2) is 0 Å². The third-order valence-corrected chi connectivity index (χ3v) is 3.27. The largest absolute Gasteiger partial charge is 0.481 e. The second kappa shape index (κ2) is 6.03. The smallest absolute Gasteiger partial charge is 0.303 e. The summed E-state index contributed by atoms with van der Waals surface area (Å²) in [6.45, 7) is 7.79. The summed E-state index contributed by atoms with van der Waals surface area (Å²) < 4.78 is 0. The summed E-state index contributed by atoms with van der Waals surface area (Å²) in [4.78, 5) is 24.5. The number of rotatable bonds is 4. The lowest BCUT2D eigenvalue weighted by molar-refractivity contribution is -0.139. The van der Waals surface area contributed by atoms with Crippen LogP contribution < -0.4 is 0 Å². The molecule has 1 aliphatic heterocycles. The van der Waals surface area contributed by atoms with E-state index in [4.69, 9.17) is 5.11 Å². The number of nitrogens with zero attached hydrogens (tertiary/aromatic N) is 1. The van der Waals surface area contributed by atoms with Crippen LogP contribution in [0.3, 0.4) is 0 Å². The van der Waals surface area contributed by atoms with Gasteiger partial charge < -0.3 is 10.0 Å². The highest BCUT2D eigenvalue weighted by Gasteiger charge is 2.26. The van der Waals surface area contributed by atoms with Crippen LogP contribution in [0.2, 0.25) is 0 Å². The highest BCUT2D eigenvalue weighted by Crippen LogP contribution is 2.22. The molecular weight excluding hydrogens is 218 g/mol. The second-order valence-corrected chi connectivity index (χ2v) is 5.65. The lowest BCUT2D eigenvalue weighted by atomic mass is 9.91. The van der Waals surface area contributed by atoms with Crippen LogP contribution in [0.25, 0.3) is 0 Å². The van der Waals surface area contributed by atoms with Crippen molar-refractivity contribution >= 4 is 11.9 Å². The molecule has 0 radical (unpaired) electrons. The van der Waals surface area contributed by atoms with Crippen LogP contribution >= 0.6 is 0 Å². The Bertz CT molecular complexity index is 280. The average molecular weight is 241 g/mol. The van der Waals surface area contributed by atoms with Crippen LogP contribution in [0, 0.1) is 17.8 Å². The van der Waals surface area contributed by atoms with E-state index < -0.39 is 5.97 Å². The number of hydrogen-bond acceptors (Lipinski definition) is 2. The van der Waals surface area contributed by atoms with Crippen molar-refractivity contribution in [1.82, 2.24) is 4.90 Å². The van der Waals surface area contributed by atoms with E-state index in [1.807, 2.05) is 11.8 Å². The maximum absolute atomic E-state index is 12.0. The normalized spacial score (nSPS) is 26.6. The van der Waals surface area contributed by atoms with Gasteiger partial charge in [-0.3, -0.25) is 9.59 Å². The molecule has 0 aromatic heterocycles. The summed E-state index contributed by atoms with van der Waals surface area (Å²) in [6, 6.07) is 0. The maximum atomic E-state index is 12.0. The molecule has 1 rings (SSSR count). The lowest BCUT2D eigenvalue weighted by Gasteiger charge is -2.35. The molecule has 0 spiro atoms. The number of amides is 1. The van der Waals surface area contributed by atoms with Gasteiger partial charge in [-0.2, -0.15) is 0 Å². The van der Waals surface area contributed by atoms with E-state index in [2.05, 4.69) is 13.8 Å². The first kappa shape index (κ1) is 14.0. The first-order valence-corrected chi connectivity index (χ1v) is 6.38. The van der Waals surface area contributed by atoms with Crippen LogP contribution in [-0.2, 0) is 9.59 Å². The molecule has 17 heavy (non-hydrogen) atoms. The maximum Gasteiger partial charge on any atom is 0.303 e. The third-order valence-electron chi connectivity index (χ3n) is 3.27. The van der Waals surface area contributed by atoms with Crippen molar-refractivity contribution in [3.05, 3.63) is 0 Å². The van der Waals surface area contributed by atoms with Gasteiger partial charge in [-0.1, -0.05) is 20.8 Å². The molecule has 0 bridgehead atoms. The zero-order chi connectivity index (χ0) is 13.0. The first-order chi connectivity index (χ1) is 7.88. The summed E-state index contributed by atoms with van der Waals surface area (Å²) in [5.41, 5.74) is 0. The number of hydrogen-bond donors (Lipinski definition) is 1. The number of carboxylic acids is 1. The standard InChI is InChI=1S/C13H23NO3/c1-9(6-13(16)17)5-12(15)14-7-10(2)4-11(3)8-14/h9-11H,4-8H2,1-3H3,(H,16,17). The summed E-state index contributed by atoms with van der Waals surface area (Å²) in [5, 5.41) is 8.67. The second-order valence-electron chi connectivity index (χ2n) is 5.65. The SMILES string of the molecule is CC(CC(=O)O)CC(=O)N1CC(C)CC(C)C1. The highest BCUT2D eigenvalue weighted by molar-refractivity contribution is 5.77. The molecule has 1 saturated heterocycles. The van der Waals surface area contributed by atoms with Crippen LogP contribution in [0.5, 0.6) is 0 Å². The molecule has 98 valence electrons. The van der Waals surface area contributed by atoms with E-state index in [0.717, 1.165) is 13.1 Å². The van der Waals surface area contributed by atoms with Crippen molar-refractivity contribution < 1.29 is 14.7 Å². The lowest BCUT2D eigenvalue weighted by Crippen LogP contribution is -2.43. The predicted octanol–water partition coefficient (Wildman–Crippen LogP) is 1.99. The number of carboxylic acid groups (broad SMARTS) is 1. The van der Waals surface area contributed by atoms with Gasteiger partial charge in [0.05, 0.1) is 0 Å². The molecule has 4 heteroatoms. The van der Waals surface area contributed by atoms with Crippen LogP contribution in [0.1, 0.15) is 40.0 Å². The fraction of sp³-hybridized carbons (Fsp3) is 0.846. The van der Waals surface area contributed by atoms with Crippen LogP contribution in [0.4, 0.5) is 0 Å². The zero-order valence-corrected chi connectivity index (χ0v) is 11.0. The minimum atomic E-state index is -0.828. The molecule has 1 amide bonds. The van der Waals surface area contributed by atoms with Gasteiger partial charge in [0.1, 0.15) is 0 Å². The van der Waals surface area contributed by atoms with Gasteiger partial charge in [0, 0.05) is 25.9 Å². The number of carbonyl (C=O) groups is 2. The summed E-state index contributed by atoms with van der Waals surface area (Å²) in [7, 11) is 0. The molecule has 1 heterocycles. The van der Waals surface area contributed by atoms with Gasteiger partial charge in [0.25, 0.3) is 0 Å². The summed E-state index contributed by atoms with van der Waals surface area (Å²) in [6.07, 6.45) is 1.60. The average Bonchev–Trinajstić information content (AvgIpc) is 2.14. The molecule has 0 saturated carbocycles. The minimum Gasteiger partial charge on any atom is -0.481 e. The molecule has 3 atom stereocenters. The Kier molecular flexibility index (Phi) is 4.97. The van der Waals surface area contributed by atoms with Crippen LogP contribution in [-0.4, -0.2) is 35.0 Å². The number of likely N-dealkylation sites (tertiary alicyclic amines) is 1. The summed E-state index contributed by atoms with van der Waals surface area (Å²) >= 11 is 0. The number of carbonyl (C=O) groups excluding carboxylic acids is 1. The Labute approximate surface area is 103 Å². The van der Waals surface area contributed by atoms with E-state index in [-0.39, 0.29) is 18.2 Å². The molecule has 0 aromatic rings. The van der Waals surface area contributed by atoms with Gasteiger partial charge in [-0.25, -0.2) is 0 Å². The van der Waals surface area contributed by atoms with Gasteiger partial charge in [-0.05, 0) is 24.2 Å². The van der Waals surface area contributed by atoms with Crippen molar-refractivity contribution in [3.8, 4) is 0 Å². The van der Waals surface area contributed by atoms with E-state index in [0.29, 0.717) is 18.3 Å². The topological polar surface area (TPSA) is 57.6 Å². The number of piperidine rings is 1. The molecule has 3 unspecified atom stereocenters. The van der Waals surface area contributed by atoms with Crippen LogP contribution in [0.15, 0.2) is 0 Å².